The molecule has 0 saturated heterocycles. The Labute approximate surface area is 131 Å². The van der Waals surface area contributed by atoms with Gasteiger partial charge in [-0.3, -0.25) is 4.79 Å². The molecule has 0 unspecified atom stereocenters. The molecule has 0 aromatic heterocycles. The second-order valence-electron chi connectivity index (χ2n) is 4.32. The molecule has 1 rings (SSSR count). The summed E-state index contributed by atoms with van der Waals surface area (Å²) in [7, 11) is 4.70. The monoisotopic (exact) mass is 318 g/mol. The van der Waals surface area contributed by atoms with Gasteiger partial charge in [0.25, 0.3) is 0 Å². The van der Waals surface area contributed by atoms with Crippen molar-refractivity contribution in [2.24, 2.45) is 5.73 Å². The van der Waals surface area contributed by atoms with Gasteiger partial charge in [0, 0.05) is 12.1 Å². The van der Waals surface area contributed by atoms with Gasteiger partial charge in [0.2, 0.25) is 11.7 Å². The molecule has 1 amide bonds. The Morgan fingerprint density at radius 2 is 1.81 bits per heavy atom. The first-order chi connectivity index (χ1) is 9.54. The lowest BCUT2D eigenvalue weighted by molar-refractivity contribution is -0.121. The average molecular weight is 319 g/mol. The van der Waals surface area contributed by atoms with Crippen molar-refractivity contribution in [3.63, 3.8) is 0 Å². The van der Waals surface area contributed by atoms with Crippen LogP contribution < -0.4 is 25.3 Å². The van der Waals surface area contributed by atoms with Crippen LogP contribution >= 0.6 is 12.4 Å². The van der Waals surface area contributed by atoms with E-state index in [1.54, 1.807) is 28.3 Å². The molecule has 21 heavy (non-hydrogen) atoms. The second-order valence-corrected chi connectivity index (χ2v) is 4.32. The largest absolute Gasteiger partial charge is 0.493 e. The lowest BCUT2D eigenvalue weighted by atomic mass is 10.1. The minimum atomic E-state index is -0.512. The van der Waals surface area contributed by atoms with Crippen LogP contribution in [0.3, 0.4) is 0 Å². The van der Waals surface area contributed by atoms with E-state index in [-0.39, 0.29) is 18.3 Å². The summed E-state index contributed by atoms with van der Waals surface area (Å²) < 4.78 is 15.9. The maximum absolute atomic E-state index is 11.4. The molecule has 120 valence electrons. The Bertz CT molecular complexity index is 467. The fourth-order valence-electron chi connectivity index (χ4n) is 1.84. The number of hydrogen-bond donors (Lipinski definition) is 2. The fraction of sp³-hybridized carbons (Fsp3) is 0.500. The zero-order valence-electron chi connectivity index (χ0n) is 12.8. The van der Waals surface area contributed by atoms with Crippen molar-refractivity contribution in [2.45, 2.75) is 19.4 Å². The normalized spacial score (nSPS) is 11.1. The van der Waals surface area contributed by atoms with Gasteiger partial charge in [0.1, 0.15) is 0 Å². The number of nitrogens with one attached hydrogen (secondary N) is 1. The number of hydrogen-bond acceptors (Lipinski definition) is 5. The van der Waals surface area contributed by atoms with Crippen LogP contribution in [-0.2, 0) is 11.2 Å². The van der Waals surface area contributed by atoms with E-state index >= 15 is 0 Å². The maximum atomic E-state index is 11.4. The first-order valence-corrected chi connectivity index (χ1v) is 6.36. The summed E-state index contributed by atoms with van der Waals surface area (Å²) in [6, 6.07) is 3.18. The maximum Gasteiger partial charge on any atom is 0.236 e. The first kappa shape index (κ1) is 19.3. The molecule has 3 N–H and O–H groups in total. The molecule has 1 aromatic carbocycles. The average Bonchev–Trinajstić information content (AvgIpc) is 2.45. The molecule has 0 saturated carbocycles. The highest BCUT2D eigenvalue weighted by Gasteiger charge is 2.15. The number of carbonyl (C=O) groups is 1. The third-order valence-corrected chi connectivity index (χ3v) is 2.89. The number of ether oxygens (including phenoxy) is 3. The molecule has 6 nitrogen and oxygen atoms in total. The molecule has 0 spiro atoms. The van der Waals surface area contributed by atoms with Crippen molar-refractivity contribution >= 4 is 18.3 Å². The lowest BCUT2D eigenvalue weighted by Crippen LogP contribution is -2.39. The molecule has 1 atom stereocenters. The summed E-state index contributed by atoms with van der Waals surface area (Å²) in [4.78, 5) is 11.4. The van der Waals surface area contributed by atoms with Crippen molar-refractivity contribution in [1.82, 2.24) is 5.32 Å². The summed E-state index contributed by atoms with van der Waals surface area (Å²) in [5.74, 6) is 1.59. The summed E-state index contributed by atoms with van der Waals surface area (Å²) in [5, 5.41) is 2.76. The van der Waals surface area contributed by atoms with Crippen molar-refractivity contribution < 1.29 is 19.0 Å². The highest BCUT2D eigenvalue weighted by Crippen LogP contribution is 2.39. The van der Waals surface area contributed by atoms with Gasteiger partial charge in [-0.2, -0.15) is 0 Å². The zero-order valence-corrected chi connectivity index (χ0v) is 13.6. The smallest absolute Gasteiger partial charge is 0.236 e. The number of halogens is 1. The van der Waals surface area contributed by atoms with E-state index in [9.17, 15) is 4.79 Å². The Hall–Kier alpha value is -1.66. The summed E-state index contributed by atoms with van der Waals surface area (Å²) in [6.07, 6.45) is 0.613. The highest BCUT2D eigenvalue weighted by atomic mass is 35.5. The standard InChI is InChI=1S/C14H22N2O4.ClH/c1-9(15)14(17)16-8-7-10-5-6-11(18-2)13(20-4)12(10)19-3;/h5-6,9H,7-8,15H2,1-4H3,(H,16,17);1H/t9-;/m0./s1. The Kier molecular flexibility index (Phi) is 8.57. The predicted octanol–water partition coefficient (Wildman–Crippen LogP) is 1.14. The van der Waals surface area contributed by atoms with Crippen LogP contribution in [0.2, 0.25) is 0 Å². The van der Waals surface area contributed by atoms with E-state index in [4.69, 9.17) is 19.9 Å². The SMILES string of the molecule is COc1ccc(CCNC(=O)[C@H](C)N)c(OC)c1OC.Cl. The molecular formula is C14H23ClN2O4. The van der Waals surface area contributed by atoms with Gasteiger partial charge >= 0.3 is 0 Å². The van der Waals surface area contributed by atoms with E-state index in [0.29, 0.717) is 30.2 Å². The Morgan fingerprint density at radius 3 is 2.29 bits per heavy atom. The van der Waals surface area contributed by atoms with Gasteiger partial charge in [0.15, 0.2) is 11.5 Å². The van der Waals surface area contributed by atoms with Crippen LogP contribution in [-0.4, -0.2) is 39.8 Å². The number of methoxy groups -OCH3 is 3. The Balaban J connectivity index is 0.00000400. The van der Waals surface area contributed by atoms with Gasteiger partial charge in [-0.05, 0) is 19.4 Å². The quantitative estimate of drug-likeness (QED) is 0.788. The Morgan fingerprint density at radius 1 is 1.19 bits per heavy atom. The number of carbonyl (C=O) groups excluding carboxylic acids is 1. The van der Waals surface area contributed by atoms with Gasteiger partial charge in [-0.15, -0.1) is 12.4 Å². The van der Waals surface area contributed by atoms with Gasteiger partial charge in [0.05, 0.1) is 27.4 Å². The third kappa shape index (κ3) is 4.99. The predicted molar refractivity (Wildman–Crippen MR) is 83.7 cm³/mol. The molecule has 0 aliphatic rings. The van der Waals surface area contributed by atoms with E-state index in [1.165, 1.54) is 0 Å². The van der Waals surface area contributed by atoms with E-state index in [2.05, 4.69) is 5.32 Å². The molecule has 0 heterocycles. The van der Waals surface area contributed by atoms with Crippen molar-refractivity contribution in [1.29, 1.82) is 0 Å². The minimum absolute atomic E-state index is 0. The van der Waals surface area contributed by atoms with E-state index < -0.39 is 6.04 Å². The summed E-state index contributed by atoms with van der Waals surface area (Å²) >= 11 is 0. The molecule has 0 aliphatic carbocycles. The van der Waals surface area contributed by atoms with Crippen LogP contribution in [0, 0.1) is 0 Å². The highest BCUT2D eigenvalue weighted by molar-refractivity contribution is 5.85. The van der Waals surface area contributed by atoms with E-state index in [1.807, 2.05) is 12.1 Å². The second kappa shape index (κ2) is 9.31. The molecule has 0 radical (unpaired) electrons. The van der Waals surface area contributed by atoms with Gasteiger partial charge in [-0.25, -0.2) is 0 Å². The van der Waals surface area contributed by atoms with Crippen LogP contribution in [0.25, 0.3) is 0 Å². The van der Waals surface area contributed by atoms with Crippen LogP contribution in [0.4, 0.5) is 0 Å². The van der Waals surface area contributed by atoms with Crippen LogP contribution in [0.15, 0.2) is 12.1 Å². The van der Waals surface area contributed by atoms with Crippen molar-refractivity contribution in [2.75, 3.05) is 27.9 Å². The number of amides is 1. The minimum Gasteiger partial charge on any atom is -0.493 e. The number of rotatable bonds is 7. The lowest BCUT2D eigenvalue weighted by Gasteiger charge is -2.16. The molecular weight excluding hydrogens is 296 g/mol. The van der Waals surface area contributed by atoms with Gasteiger partial charge in [-0.1, -0.05) is 6.07 Å². The van der Waals surface area contributed by atoms with Crippen LogP contribution in [0.5, 0.6) is 17.2 Å². The third-order valence-electron chi connectivity index (χ3n) is 2.89. The summed E-state index contributed by atoms with van der Waals surface area (Å²) in [5.41, 5.74) is 6.41. The zero-order chi connectivity index (χ0) is 15.1. The van der Waals surface area contributed by atoms with Crippen LogP contribution in [0.1, 0.15) is 12.5 Å². The van der Waals surface area contributed by atoms with Crippen molar-refractivity contribution in [3.05, 3.63) is 17.7 Å². The van der Waals surface area contributed by atoms with Gasteiger partial charge < -0.3 is 25.3 Å². The molecule has 1 aromatic rings. The topological polar surface area (TPSA) is 82.8 Å². The molecule has 0 fully saturated rings. The van der Waals surface area contributed by atoms with E-state index in [0.717, 1.165) is 5.56 Å². The fourth-order valence-corrected chi connectivity index (χ4v) is 1.84. The summed E-state index contributed by atoms with van der Waals surface area (Å²) in [6.45, 7) is 2.12. The molecule has 0 bridgehead atoms. The number of benzene rings is 1. The number of nitrogens with two attached hydrogens (primary N) is 1. The van der Waals surface area contributed by atoms with Crippen molar-refractivity contribution in [3.8, 4) is 17.2 Å². The first-order valence-electron chi connectivity index (χ1n) is 6.36. The molecule has 7 heteroatoms. The molecule has 0 aliphatic heterocycles.